The summed E-state index contributed by atoms with van der Waals surface area (Å²) >= 11 is 1.49. The van der Waals surface area contributed by atoms with Crippen molar-refractivity contribution >= 4 is 45.1 Å². The molecule has 1 aromatic carbocycles. The first kappa shape index (κ1) is 14.9. The van der Waals surface area contributed by atoms with Gasteiger partial charge in [-0.25, -0.2) is 4.98 Å². The number of rotatable bonds is 4. The number of amides is 2. The maximum atomic E-state index is 12.0. The smallest absolute Gasteiger partial charge is 0.271 e. The zero-order valence-electron chi connectivity index (χ0n) is 12.2. The number of anilines is 1. The summed E-state index contributed by atoms with van der Waals surface area (Å²) in [7, 11) is 0. The predicted octanol–water partition coefficient (Wildman–Crippen LogP) is 2.08. The molecule has 0 atom stereocenters. The number of carbonyl (C=O) groups excluding carboxylic acids is 2. The summed E-state index contributed by atoms with van der Waals surface area (Å²) in [5.41, 5.74) is 6.95. The van der Waals surface area contributed by atoms with E-state index in [1.807, 2.05) is 24.3 Å². The first-order chi connectivity index (χ1) is 11.0. The molecule has 0 unspecified atom stereocenters. The molecule has 0 aliphatic rings. The second-order valence-corrected chi connectivity index (χ2v) is 5.84. The molecule has 0 saturated carbocycles. The minimum absolute atomic E-state index is 0.00392. The summed E-state index contributed by atoms with van der Waals surface area (Å²) in [4.78, 5) is 27.7. The number of nitrogens with zero attached hydrogens (tertiary/aromatic N) is 2. The van der Waals surface area contributed by atoms with E-state index in [9.17, 15) is 9.59 Å². The van der Waals surface area contributed by atoms with E-state index in [0.29, 0.717) is 5.69 Å². The number of primary amides is 1. The summed E-state index contributed by atoms with van der Waals surface area (Å²) in [5, 5.41) is 9.71. The predicted molar refractivity (Wildman–Crippen MR) is 89.1 cm³/mol. The van der Waals surface area contributed by atoms with E-state index in [-0.39, 0.29) is 11.4 Å². The molecule has 0 radical (unpaired) electrons. The van der Waals surface area contributed by atoms with Gasteiger partial charge >= 0.3 is 0 Å². The third kappa shape index (κ3) is 3.11. The van der Waals surface area contributed by atoms with Crippen LogP contribution in [0.1, 0.15) is 21.2 Å². The normalized spacial score (nSPS) is 11.2. The number of carbonyl (C=O) groups is 2. The molecular weight excluding hydrogens is 314 g/mol. The Bertz CT molecular complexity index is 892. The van der Waals surface area contributed by atoms with Crippen LogP contribution in [0, 0.1) is 6.92 Å². The minimum Gasteiger partial charge on any atom is -0.364 e. The van der Waals surface area contributed by atoms with Gasteiger partial charge in [-0.05, 0) is 25.1 Å². The molecule has 2 amide bonds. The number of hydrogen-bond acceptors (Lipinski definition) is 5. The van der Waals surface area contributed by atoms with Gasteiger partial charge in [0.2, 0.25) is 5.91 Å². The lowest BCUT2D eigenvalue weighted by atomic mass is 10.3. The number of H-pyrrole nitrogens is 1. The van der Waals surface area contributed by atoms with E-state index in [1.165, 1.54) is 17.4 Å². The van der Waals surface area contributed by atoms with E-state index in [2.05, 4.69) is 20.5 Å². The number of fused-ring (bicyclic) bond motifs is 1. The van der Waals surface area contributed by atoms with E-state index in [0.717, 1.165) is 15.2 Å². The van der Waals surface area contributed by atoms with Gasteiger partial charge in [-0.15, -0.1) is 11.3 Å². The molecule has 8 heteroatoms. The fourth-order valence-corrected chi connectivity index (χ4v) is 2.90. The number of hydrogen-bond donors (Lipinski definition) is 3. The van der Waals surface area contributed by atoms with Crippen LogP contribution in [0.5, 0.6) is 0 Å². The van der Waals surface area contributed by atoms with Gasteiger partial charge in [-0.1, -0.05) is 12.1 Å². The van der Waals surface area contributed by atoms with Crippen LogP contribution < -0.4 is 11.1 Å². The second-order valence-electron chi connectivity index (χ2n) is 4.78. The van der Waals surface area contributed by atoms with Crippen molar-refractivity contribution in [3.63, 3.8) is 0 Å². The Hall–Kier alpha value is -3.00. The molecule has 116 valence electrons. The molecule has 3 aromatic rings. The van der Waals surface area contributed by atoms with Crippen LogP contribution in [-0.2, 0) is 4.79 Å². The van der Waals surface area contributed by atoms with Crippen molar-refractivity contribution in [2.24, 2.45) is 5.73 Å². The van der Waals surface area contributed by atoms with Gasteiger partial charge in [0.05, 0.1) is 21.6 Å². The number of nitrogens with one attached hydrogen (secondary N) is 2. The van der Waals surface area contributed by atoms with Crippen LogP contribution in [0.25, 0.3) is 16.3 Å². The monoisotopic (exact) mass is 327 g/mol. The van der Waals surface area contributed by atoms with E-state index >= 15 is 0 Å². The molecule has 0 bridgehead atoms. The van der Waals surface area contributed by atoms with Crippen molar-refractivity contribution in [2.45, 2.75) is 6.92 Å². The first-order valence-corrected chi connectivity index (χ1v) is 7.55. The fourth-order valence-electron chi connectivity index (χ4n) is 2.03. The molecule has 0 fully saturated rings. The average molecular weight is 327 g/mol. The fraction of sp³-hybridized carbons (Fsp3) is 0.0667. The van der Waals surface area contributed by atoms with Crippen LogP contribution in [0.4, 0.5) is 5.69 Å². The Kier molecular flexibility index (Phi) is 3.90. The lowest BCUT2D eigenvalue weighted by Crippen LogP contribution is -2.16. The van der Waals surface area contributed by atoms with Crippen molar-refractivity contribution < 1.29 is 9.59 Å². The third-order valence-corrected chi connectivity index (χ3v) is 4.12. The molecule has 0 aliphatic carbocycles. The number of thiazole rings is 1. The summed E-state index contributed by atoms with van der Waals surface area (Å²) in [6.45, 7) is 1.69. The van der Waals surface area contributed by atoms with Gasteiger partial charge in [0.15, 0.2) is 5.69 Å². The summed E-state index contributed by atoms with van der Waals surface area (Å²) in [5.74, 6) is -1.10. The van der Waals surface area contributed by atoms with Crippen LogP contribution >= 0.6 is 11.3 Å². The largest absolute Gasteiger partial charge is 0.364 e. The Morgan fingerprint density at radius 2 is 2.13 bits per heavy atom. The first-order valence-electron chi connectivity index (χ1n) is 6.74. The zero-order chi connectivity index (χ0) is 16.4. The molecule has 0 saturated heterocycles. The Morgan fingerprint density at radius 1 is 1.35 bits per heavy atom. The molecule has 7 nitrogen and oxygen atoms in total. The van der Waals surface area contributed by atoms with Gasteiger partial charge in [-0.2, -0.15) is 5.10 Å². The third-order valence-electron chi connectivity index (χ3n) is 3.12. The highest BCUT2D eigenvalue weighted by Crippen LogP contribution is 2.22. The van der Waals surface area contributed by atoms with Crippen molar-refractivity contribution in [2.75, 3.05) is 5.32 Å². The van der Waals surface area contributed by atoms with Crippen molar-refractivity contribution in [1.29, 1.82) is 0 Å². The molecule has 23 heavy (non-hydrogen) atoms. The quantitative estimate of drug-likeness (QED) is 0.636. The highest BCUT2D eigenvalue weighted by atomic mass is 32.1. The van der Waals surface area contributed by atoms with Crippen LogP contribution in [0.15, 0.2) is 30.3 Å². The maximum absolute atomic E-state index is 12.0. The Labute approximate surface area is 135 Å². The van der Waals surface area contributed by atoms with Crippen molar-refractivity contribution in [3.05, 3.63) is 46.7 Å². The van der Waals surface area contributed by atoms with Gasteiger partial charge in [0, 0.05) is 6.08 Å². The highest BCUT2D eigenvalue weighted by molar-refractivity contribution is 7.19. The summed E-state index contributed by atoms with van der Waals surface area (Å²) in [6.07, 6.45) is 2.98. The number of nitrogens with two attached hydrogens (primary N) is 1. The minimum atomic E-state index is -0.709. The number of benzene rings is 1. The molecule has 4 N–H and O–H groups in total. The number of para-hydroxylation sites is 1. The van der Waals surface area contributed by atoms with E-state index in [1.54, 1.807) is 13.0 Å². The zero-order valence-corrected chi connectivity index (χ0v) is 13.0. The van der Waals surface area contributed by atoms with Crippen LogP contribution in [-0.4, -0.2) is 27.0 Å². The molecule has 0 spiro atoms. The topological polar surface area (TPSA) is 114 Å². The number of aromatic amines is 1. The highest BCUT2D eigenvalue weighted by Gasteiger charge is 2.16. The molecule has 3 rings (SSSR count). The SMILES string of the molecule is Cc1[nH]nc(C(N)=O)c1NC(=O)/C=C\c1nc2ccccc2s1. The number of aromatic nitrogens is 3. The molecule has 2 heterocycles. The summed E-state index contributed by atoms with van der Waals surface area (Å²) < 4.78 is 1.05. The van der Waals surface area contributed by atoms with Crippen molar-refractivity contribution in [3.8, 4) is 0 Å². The van der Waals surface area contributed by atoms with Crippen LogP contribution in [0.3, 0.4) is 0 Å². The standard InChI is InChI=1S/C15H13N5O2S/c1-8-13(14(15(16)22)20-19-8)18-11(21)6-7-12-17-9-4-2-3-5-10(9)23-12/h2-7H,1H3,(H2,16,22)(H,18,21)(H,19,20)/b7-6-. The average Bonchev–Trinajstić information content (AvgIpc) is 3.09. The lowest BCUT2D eigenvalue weighted by Gasteiger charge is -2.01. The Morgan fingerprint density at radius 3 is 2.87 bits per heavy atom. The molecular formula is C15H13N5O2S. The molecule has 2 aromatic heterocycles. The van der Waals surface area contributed by atoms with Crippen molar-refractivity contribution in [1.82, 2.24) is 15.2 Å². The van der Waals surface area contributed by atoms with E-state index < -0.39 is 11.8 Å². The lowest BCUT2D eigenvalue weighted by molar-refractivity contribution is -0.111. The number of aryl methyl sites for hydroxylation is 1. The van der Waals surface area contributed by atoms with Gasteiger partial charge in [-0.3, -0.25) is 14.7 Å². The summed E-state index contributed by atoms with van der Waals surface area (Å²) in [6, 6.07) is 7.73. The van der Waals surface area contributed by atoms with Crippen LogP contribution in [0.2, 0.25) is 0 Å². The van der Waals surface area contributed by atoms with Gasteiger partial charge in [0.1, 0.15) is 5.01 Å². The van der Waals surface area contributed by atoms with Gasteiger partial charge in [0.25, 0.3) is 5.91 Å². The van der Waals surface area contributed by atoms with E-state index in [4.69, 9.17) is 5.73 Å². The van der Waals surface area contributed by atoms with Gasteiger partial charge < -0.3 is 11.1 Å². The maximum Gasteiger partial charge on any atom is 0.271 e. The Balaban J connectivity index is 1.77. The second kappa shape index (κ2) is 6.01. The molecule has 0 aliphatic heterocycles.